The van der Waals surface area contributed by atoms with E-state index in [0.29, 0.717) is 12.5 Å². The summed E-state index contributed by atoms with van der Waals surface area (Å²) in [5, 5.41) is 0. The lowest BCUT2D eigenvalue weighted by molar-refractivity contribution is -0.121. The minimum absolute atomic E-state index is 0.192. The molecule has 1 unspecified atom stereocenters. The minimum Gasteiger partial charge on any atom is -0.454 e. The molecular formula is C22H24N6O3. The summed E-state index contributed by atoms with van der Waals surface area (Å²) < 4.78 is 12.7. The van der Waals surface area contributed by atoms with Gasteiger partial charge in [-0.2, -0.15) is 0 Å². The maximum Gasteiger partial charge on any atom is 0.235 e. The number of amides is 1. The molecule has 1 amide bonds. The molecule has 0 bridgehead atoms. The lowest BCUT2D eigenvalue weighted by atomic mass is 9.86. The normalized spacial score (nSPS) is 20.3. The van der Waals surface area contributed by atoms with Crippen molar-refractivity contribution in [2.24, 2.45) is 5.73 Å². The van der Waals surface area contributed by atoms with E-state index < -0.39 is 5.54 Å². The molecule has 2 aliphatic rings. The Bertz CT molecular complexity index is 1120. The Hall–Kier alpha value is -3.46. The molecule has 9 nitrogen and oxygen atoms in total. The van der Waals surface area contributed by atoms with Crippen LogP contribution in [-0.4, -0.2) is 43.7 Å². The number of ether oxygens (including phenoxy) is 2. The highest BCUT2D eigenvalue weighted by molar-refractivity contribution is 5.75. The summed E-state index contributed by atoms with van der Waals surface area (Å²) >= 11 is 0. The average molecular weight is 420 g/mol. The quantitative estimate of drug-likeness (QED) is 0.650. The fraction of sp³-hybridized carbons (Fsp3) is 0.364. The van der Waals surface area contributed by atoms with E-state index in [1.807, 2.05) is 31.2 Å². The molecular weight excluding hydrogens is 396 g/mol. The molecule has 2 aromatic heterocycles. The number of carbonyl (C=O) groups is 1. The van der Waals surface area contributed by atoms with Gasteiger partial charge in [-0.25, -0.2) is 15.0 Å². The topological polar surface area (TPSA) is 108 Å². The van der Waals surface area contributed by atoms with Crippen molar-refractivity contribution in [3.63, 3.8) is 0 Å². The molecule has 0 spiro atoms. The number of benzene rings is 1. The van der Waals surface area contributed by atoms with Gasteiger partial charge in [0, 0.05) is 24.6 Å². The highest BCUT2D eigenvalue weighted by Crippen LogP contribution is 2.43. The lowest BCUT2D eigenvalue weighted by Gasteiger charge is -2.38. The van der Waals surface area contributed by atoms with E-state index in [1.54, 1.807) is 23.3 Å². The Morgan fingerprint density at radius 1 is 1.23 bits per heavy atom. The van der Waals surface area contributed by atoms with Gasteiger partial charge >= 0.3 is 0 Å². The molecule has 1 fully saturated rings. The Morgan fingerprint density at radius 3 is 2.90 bits per heavy atom. The highest BCUT2D eigenvalue weighted by Gasteiger charge is 2.45. The zero-order valence-corrected chi connectivity index (χ0v) is 17.3. The summed E-state index contributed by atoms with van der Waals surface area (Å²) in [6.07, 6.45) is 7.09. The Kier molecular flexibility index (Phi) is 4.82. The Labute approximate surface area is 179 Å². The van der Waals surface area contributed by atoms with Crippen LogP contribution in [-0.2, 0) is 16.9 Å². The van der Waals surface area contributed by atoms with Crippen molar-refractivity contribution in [2.75, 3.05) is 13.3 Å². The number of nitrogens with zero attached hydrogens (tertiary/aromatic N) is 5. The first kappa shape index (κ1) is 19.5. The molecule has 0 saturated carbocycles. The van der Waals surface area contributed by atoms with Gasteiger partial charge in [0.05, 0.1) is 17.7 Å². The van der Waals surface area contributed by atoms with E-state index in [4.69, 9.17) is 20.2 Å². The van der Waals surface area contributed by atoms with Crippen molar-refractivity contribution in [3.05, 3.63) is 59.9 Å². The Morgan fingerprint density at radius 2 is 2.10 bits per heavy atom. The molecule has 31 heavy (non-hydrogen) atoms. The van der Waals surface area contributed by atoms with Crippen molar-refractivity contribution in [1.29, 1.82) is 0 Å². The number of rotatable bonds is 6. The third-order valence-electron chi connectivity index (χ3n) is 5.96. The van der Waals surface area contributed by atoms with E-state index in [2.05, 4.69) is 14.9 Å². The monoisotopic (exact) mass is 420 g/mol. The smallest absolute Gasteiger partial charge is 0.235 e. The largest absolute Gasteiger partial charge is 0.454 e. The van der Waals surface area contributed by atoms with Crippen LogP contribution in [0.5, 0.6) is 11.5 Å². The van der Waals surface area contributed by atoms with Crippen LogP contribution < -0.4 is 15.2 Å². The highest BCUT2D eigenvalue weighted by atomic mass is 16.7. The molecule has 1 aromatic carbocycles. The zero-order valence-electron chi connectivity index (χ0n) is 17.3. The summed E-state index contributed by atoms with van der Waals surface area (Å²) in [6, 6.07) is 7.91. The molecule has 0 aliphatic carbocycles. The molecule has 1 atom stereocenters. The van der Waals surface area contributed by atoms with Crippen LogP contribution in [0, 0.1) is 6.92 Å². The third-order valence-corrected chi connectivity index (χ3v) is 5.96. The number of likely N-dealkylation sites (tertiary alicyclic amines) is 1. The third kappa shape index (κ3) is 3.61. The first-order valence-electron chi connectivity index (χ1n) is 10.3. The summed E-state index contributed by atoms with van der Waals surface area (Å²) in [5.74, 6) is 1.69. The van der Waals surface area contributed by atoms with Crippen LogP contribution in [0.2, 0.25) is 0 Å². The first-order valence-corrected chi connectivity index (χ1v) is 10.3. The van der Waals surface area contributed by atoms with Gasteiger partial charge in [0.25, 0.3) is 0 Å². The molecule has 2 aliphatic heterocycles. The second kappa shape index (κ2) is 7.66. The fourth-order valence-electron chi connectivity index (χ4n) is 4.58. The number of fused-ring (bicyclic) bond motifs is 1. The van der Waals surface area contributed by atoms with E-state index >= 15 is 0 Å². The SMILES string of the molecule is Cc1cc(C2(CC(N)=O)CCCN2Cc2ccc3c(c2)OCO3)nc(-n2ccnc2)n1. The van der Waals surface area contributed by atoms with Gasteiger partial charge in [0.2, 0.25) is 18.6 Å². The molecule has 4 heterocycles. The van der Waals surface area contributed by atoms with Gasteiger partial charge < -0.3 is 15.2 Å². The van der Waals surface area contributed by atoms with Gasteiger partial charge in [0.1, 0.15) is 6.33 Å². The minimum atomic E-state index is -0.592. The Balaban J connectivity index is 1.54. The number of imidazole rings is 1. The van der Waals surface area contributed by atoms with Gasteiger partial charge in [0.15, 0.2) is 11.5 Å². The summed E-state index contributed by atoms with van der Waals surface area (Å²) in [4.78, 5) is 28.0. The predicted molar refractivity (Wildman–Crippen MR) is 112 cm³/mol. The molecule has 160 valence electrons. The van der Waals surface area contributed by atoms with Gasteiger partial charge in [-0.15, -0.1) is 0 Å². The summed E-state index contributed by atoms with van der Waals surface area (Å²) in [7, 11) is 0. The van der Waals surface area contributed by atoms with Crippen LogP contribution in [0.25, 0.3) is 5.95 Å². The molecule has 1 saturated heterocycles. The lowest BCUT2D eigenvalue weighted by Crippen LogP contribution is -2.44. The van der Waals surface area contributed by atoms with E-state index in [1.165, 1.54) is 0 Å². The van der Waals surface area contributed by atoms with Crippen molar-refractivity contribution >= 4 is 5.91 Å². The number of aryl methyl sites for hydroxylation is 1. The zero-order chi connectivity index (χ0) is 21.4. The van der Waals surface area contributed by atoms with Crippen molar-refractivity contribution in [2.45, 2.75) is 38.3 Å². The number of primary amides is 1. The molecule has 2 N–H and O–H groups in total. The molecule has 3 aromatic rings. The van der Waals surface area contributed by atoms with Crippen molar-refractivity contribution in [3.8, 4) is 17.4 Å². The molecule has 5 rings (SSSR count). The van der Waals surface area contributed by atoms with E-state index in [9.17, 15) is 4.79 Å². The number of nitrogens with two attached hydrogens (primary N) is 1. The van der Waals surface area contributed by atoms with E-state index in [0.717, 1.165) is 47.8 Å². The van der Waals surface area contributed by atoms with Crippen LogP contribution in [0.1, 0.15) is 36.2 Å². The number of hydrogen-bond donors (Lipinski definition) is 1. The van der Waals surface area contributed by atoms with Crippen LogP contribution in [0.4, 0.5) is 0 Å². The average Bonchev–Trinajstić information content (AvgIpc) is 3.49. The number of hydrogen-bond acceptors (Lipinski definition) is 7. The number of carbonyl (C=O) groups excluding carboxylic acids is 1. The van der Waals surface area contributed by atoms with Gasteiger partial charge in [-0.1, -0.05) is 6.07 Å². The standard InChI is InChI=1S/C22H24N6O3/c1-15-9-19(26-21(25-15)27-8-6-24-13-27)22(11-20(23)29)5-2-7-28(22)12-16-3-4-17-18(10-16)31-14-30-17/h3-4,6,8-10,13H,2,5,7,11-12,14H2,1H3,(H2,23,29). The fourth-order valence-corrected chi connectivity index (χ4v) is 4.58. The second-order valence-electron chi connectivity index (χ2n) is 8.05. The summed E-state index contributed by atoms with van der Waals surface area (Å²) in [5.41, 5.74) is 7.86. The van der Waals surface area contributed by atoms with Crippen LogP contribution >= 0.6 is 0 Å². The number of aromatic nitrogens is 4. The van der Waals surface area contributed by atoms with Gasteiger partial charge in [-0.05, 0) is 50.1 Å². The second-order valence-corrected chi connectivity index (χ2v) is 8.05. The van der Waals surface area contributed by atoms with Crippen LogP contribution in [0.15, 0.2) is 43.0 Å². The van der Waals surface area contributed by atoms with Gasteiger partial charge in [-0.3, -0.25) is 14.3 Å². The van der Waals surface area contributed by atoms with Crippen molar-refractivity contribution in [1.82, 2.24) is 24.4 Å². The summed E-state index contributed by atoms with van der Waals surface area (Å²) in [6.45, 7) is 3.66. The first-order chi connectivity index (χ1) is 15.0. The predicted octanol–water partition coefficient (Wildman–Crippen LogP) is 2.07. The molecule has 9 heteroatoms. The van der Waals surface area contributed by atoms with Crippen molar-refractivity contribution < 1.29 is 14.3 Å². The van der Waals surface area contributed by atoms with Crippen LogP contribution in [0.3, 0.4) is 0 Å². The maximum atomic E-state index is 12.2. The van der Waals surface area contributed by atoms with E-state index in [-0.39, 0.29) is 19.1 Å². The maximum absolute atomic E-state index is 12.2. The molecule has 0 radical (unpaired) electrons.